The molecule has 0 aliphatic rings. The van der Waals surface area contributed by atoms with Crippen LogP contribution in [-0.2, 0) is 9.53 Å². The summed E-state index contributed by atoms with van der Waals surface area (Å²) in [6, 6.07) is 24.5. The zero-order valence-corrected chi connectivity index (χ0v) is 16.2. The monoisotopic (exact) mass is 400 g/mol. The number of carbonyl (C=O) groups is 2. The smallest absolute Gasteiger partial charge is 0.338 e. The van der Waals surface area contributed by atoms with E-state index in [1.165, 1.54) is 4.90 Å². The minimum Gasteiger partial charge on any atom is -0.508 e. The first-order chi connectivity index (χ1) is 14.6. The Morgan fingerprint density at radius 3 is 2.10 bits per heavy atom. The molecule has 0 aliphatic heterocycles. The van der Waals surface area contributed by atoms with E-state index in [4.69, 9.17) is 10.00 Å². The maximum Gasteiger partial charge on any atom is 0.338 e. The highest BCUT2D eigenvalue weighted by molar-refractivity contribution is 5.97. The molecule has 6 heteroatoms. The highest BCUT2D eigenvalue weighted by Gasteiger charge is 2.18. The van der Waals surface area contributed by atoms with E-state index in [-0.39, 0.29) is 18.7 Å². The quantitative estimate of drug-likeness (QED) is 0.601. The van der Waals surface area contributed by atoms with E-state index >= 15 is 0 Å². The van der Waals surface area contributed by atoms with Crippen LogP contribution in [0, 0.1) is 11.3 Å². The van der Waals surface area contributed by atoms with Crippen molar-refractivity contribution in [1.82, 2.24) is 0 Å². The summed E-state index contributed by atoms with van der Waals surface area (Å²) in [6.07, 6.45) is 0.174. The minimum atomic E-state index is -0.603. The molecular formula is C24H20N2O4. The zero-order valence-electron chi connectivity index (χ0n) is 16.2. The van der Waals surface area contributed by atoms with Crippen LogP contribution in [0.2, 0.25) is 0 Å². The fourth-order valence-electron chi connectivity index (χ4n) is 2.91. The highest BCUT2D eigenvalue weighted by Crippen LogP contribution is 2.22. The van der Waals surface area contributed by atoms with Gasteiger partial charge >= 0.3 is 5.97 Å². The van der Waals surface area contributed by atoms with Crippen molar-refractivity contribution in [3.05, 3.63) is 84.4 Å². The average molecular weight is 400 g/mol. The molecule has 0 radical (unpaired) electrons. The molecule has 150 valence electrons. The molecule has 30 heavy (non-hydrogen) atoms. The molecule has 0 spiro atoms. The van der Waals surface area contributed by atoms with Crippen LogP contribution in [0.1, 0.15) is 16.8 Å². The normalized spacial score (nSPS) is 10.1. The Morgan fingerprint density at radius 2 is 1.50 bits per heavy atom. The third-order valence-corrected chi connectivity index (χ3v) is 4.46. The van der Waals surface area contributed by atoms with Crippen molar-refractivity contribution in [1.29, 1.82) is 5.26 Å². The Hall–Kier alpha value is -4.11. The van der Waals surface area contributed by atoms with Gasteiger partial charge in [0.2, 0.25) is 0 Å². The molecule has 0 heterocycles. The number of para-hydroxylation sites is 1. The number of anilines is 1. The van der Waals surface area contributed by atoms with Crippen LogP contribution in [-0.4, -0.2) is 30.1 Å². The van der Waals surface area contributed by atoms with Gasteiger partial charge in [0.25, 0.3) is 5.91 Å². The second-order valence-corrected chi connectivity index (χ2v) is 6.49. The lowest BCUT2D eigenvalue weighted by atomic mass is 10.0. The van der Waals surface area contributed by atoms with Gasteiger partial charge in [-0.1, -0.05) is 42.5 Å². The largest absolute Gasteiger partial charge is 0.508 e. The molecule has 0 aromatic heterocycles. The molecule has 1 amide bonds. The number of nitriles is 1. The number of carbonyl (C=O) groups excluding carboxylic acids is 2. The Kier molecular flexibility index (Phi) is 6.80. The Labute approximate surface area is 174 Å². The number of hydrogen-bond acceptors (Lipinski definition) is 5. The molecular weight excluding hydrogens is 380 g/mol. The summed E-state index contributed by atoms with van der Waals surface area (Å²) in [6.45, 7) is -0.197. The number of nitrogens with zero attached hydrogens (tertiary/aromatic N) is 2. The Morgan fingerprint density at radius 1 is 0.900 bits per heavy atom. The number of rotatable bonds is 7. The summed E-state index contributed by atoms with van der Waals surface area (Å²) in [5.74, 6) is -0.817. The van der Waals surface area contributed by atoms with Gasteiger partial charge in [-0.15, -0.1) is 0 Å². The number of hydrogen-bond donors (Lipinski definition) is 1. The van der Waals surface area contributed by atoms with Gasteiger partial charge in [0.05, 0.1) is 18.1 Å². The predicted octanol–water partition coefficient (Wildman–Crippen LogP) is 4.16. The van der Waals surface area contributed by atoms with Crippen LogP contribution in [0.25, 0.3) is 11.1 Å². The molecule has 0 bridgehead atoms. The summed E-state index contributed by atoms with van der Waals surface area (Å²) in [5.41, 5.74) is 2.76. The maximum atomic E-state index is 12.6. The van der Waals surface area contributed by atoms with E-state index in [0.29, 0.717) is 11.3 Å². The van der Waals surface area contributed by atoms with Crippen molar-refractivity contribution in [2.24, 2.45) is 0 Å². The Balaban J connectivity index is 1.63. The van der Waals surface area contributed by atoms with Crippen LogP contribution >= 0.6 is 0 Å². The van der Waals surface area contributed by atoms with Crippen LogP contribution < -0.4 is 4.90 Å². The second kappa shape index (κ2) is 9.89. The summed E-state index contributed by atoms with van der Waals surface area (Å²) in [4.78, 5) is 26.3. The van der Waals surface area contributed by atoms with Gasteiger partial charge in [-0.05, 0) is 47.5 Å². The number of aromatic hydroxyl groups is 1. The molecule has 0 atom stereocenters. The van der Waals surface area contributed by atoms with Crippen molar-refractivity contribution in [3.8, 4) is 22.9 Å². The van der Waals surface area contributed by atoms with Crippen LogP contribution in [0.5, 0.6) is 5.75 Å². The van der Waals surface area contributed by atoms with Crippen LogP contribution in [0.3, 0.4) is 0 Å². The summed E-state index contributed by atoms with van der Waals surface area (Å²) >= 11 is 0. The SMILES string of the molecule is N#CCCN(C(=O)COC(=O)c1ccc(-c2ccc(O)cc2)cc1)c1ccccc1. The first-order valence-corrected chi connectivity index (χ1v) is 9.37. The van der Waals surface area contributed by atoms with E-state index in [1.807, 2.05) is 12.1 Å². The molecule has 0 fully saturated rings. The third-order valence-electron chi connectivity index (χ3n) is 4.46. The van der Waals surface area contributed by atoms with E-state index in [1.54, 1.807) is 72.8 Å². The van der Waals surface area contributed by atoms with Gasteiger partial charge in [0.15, 0.2) is 6.61 Å². The number of phenolic OH excluding ortho intramolecular Hbond substituents is 1. The number of esters is 1. The van der Waals surface area contributed by atoms with Gasteiger partial charge in [-0.3, -0.25) is 4.79 Å². The molecule has 0 unspecified atom stereocenters. The van der Waals surface area contributed by atoms with Crippen molar-refractivity contribution in [3.63, 3.8) is 0 Å². The topological polar surface area (TPSA) is 90.6 Å². The van der Waals surface area contributed by atoms with Crippen molar-refractivity contribution < 1.29 is 19.4 Å². The lowest BCUT2D eigenvalue weighted by Gasteiger charge is -2.21. The molecule has 6 nitrogen and oxygen atoms in total. The molecule has 0 saturated carbocycles. The van der Waals surface area contributed by atoms with Crippen molar-refractivity contribution >= 4 is 17.6 Å². The number of phenols is 1. The van der Waals surface area contributed by atoms with Gasteiger partial charge in [-0.25, -0.2) is 4.79 Å². The van der Waals surface area contributed by atoms with Crippen LogP contribution in [0.15, 0.2) is 78.9 Å². The van der Waals surface area contributed by atoms with Gasteiger partial charge in [0, 0.05) is 12.2 Å². The zero-order chi connectivity index (χ0) is 21.3. The molecule has 3 aromatic rings. The van der Waals surface area contributed by atoms with Crippen molar-refractivity contribution in [2.45, 2.75) is 6.42 Å². The summed E-state index contributed by atoms with van der Waals surface area (Å²) in [5, 5.41) is 18.2. The molecule has 3 rings (SSSR count). The van der Waals surface area contributed by atoms with E-state index in [2.05, 4.69) is 0 Å². The lowest BCUT2D eigenvalue weighted by Crippen LogP contribution is -2.35. The van der Waals surface area contributed by atoms with E-state index in [9.17, 15) is 14.7 Å². The summed E-state index contributed by atoms with van der Waals surface area (Å²) in [7, 11) is 0. The van der Waals surface area contributed by atoms with E-state index < -0.39 is 18.5 Å². The molecule has 0 saturated heterocycles. The second-order valence-electron chi connectivity index (χ2n) is 6.49. The predicted molar refractivity (Wildman–Crippen MR) is 113 cm³/mol. The summed E-state index contributed by atoms with van der Waals surface area (Å²) < 4.78 is 5.19. The average Bonchev–Trinajstić information content (AvgIpc) is 2.79. The van der Waals surface area contributed by atoms with Gasteiger partial charge in [-0.2, -0.15) is 5.26 Å². The fraction of sp³-hybridized carbons (Fsp3) is 0.125. The molecule has 3 aromatic carbocycles. The number of amides is 1. The van der Waals surface area contributed by atoms with E-state index in [0.717, 1.165) is 11.1 Å². The Bertz CT molecular complexity index is 1040. The number of benzene rings is 3. The number of ether oxygens (including phenoxy) is 1. The maximum absolute atomic E-state index is 12.6. The van der Waals surface area contributed by atoms with Crippen molar-refractivity contribution in [2.75, 3.05) is 18.1 Å². The fourth-order valence-corrected chi connectivity index (χ4v) is 2.91. The minimum absolute atomic E-state index is 0.174. The first-order valence-electron chi connectivity index (χ1n) is 9.37. The lowest BCUT2D eigenvalue weighted by molar-refractivity contribution is -0.121. The molecule has 0 aliphatic carbocycles. The van der Waals surface area contributed by atoms with Crippen LogP contribution in [0.4, 0.5) is 5.69 Å². The van der Waals surface area contributed by atoms with Gasteiger partial charge in [0.1, 0.15) is 5.75 Å². The third kappa shape index (κ3) is 5.24. The highest BCUT2D eigenvalue weighted by atomic mass is 16.5. The standard InChI is InChI=1S/C24H20N2O4/c25-15-4-16-26(21-5-2-1-3-6-21)23(28)17-30-24(29)20-9-7-18(8-10-20)19-11-13-22(27)14-12-19/h1-3,5-14,27H,4,16-17H2. The van der Waals surface area contributed by atoms with Gasteiger partial charge < -0.3 is 14.7 Å². The first kappa shape index (κ1) is 20.6. The molecule has 1 N–H and O–H groups in total.